The van der Waals surface area contributed by atoms with Crippen LogP contribution >= 0.6 is 0 Å². The molecule has 0 radical (unpaired) electrons. The van der Waals surface area contributed by atoms with Gasteiger partial charge in [0.1, 0.15) is 11.9 Å². The number of nitrogens with zero attached hydrogens (tertiary/aromatic N) is 3. The molecule has 1 aromatic heterocycles. The summed E-state index contributed by atoms with van der Waals surface area (Å²) in [5, 5.41) is 3.09. The van der Waals surface area contributed by atoms with Gasteiger partial charge in [0, 0.05) is 25.6 Å². The first-order valence-electron chi connectivity index (χ1n) is 12.5. The quantitative estimate of drug-likeness (QED) is 0.565. The topological polar surface area (TPSA) is 76.5 Å². The van der Waals surface area contributed by atoms with Crippen LogP contribution in [0.25, 0.3) is 0 Å². The van der Waals surface area contributed by atoms with Crippen molar-refractivity contribution in [3.8, 4) is 0 Å². The Morgan fingerprint density at radius 1 is 1.11 bits per heavy atom. The lowest BCUT2D eigenvalue weighted by atomic mass is 9.95. The molecule has 1 fully saturated rings. The van der Waals surface area contributed by atoms with E-state index in [2.05, 4.69) is 29.4 Å². The lowest BCUT2D eigenvalue weighted by molar-refractivity contribution is -0.126. The number of imidazole rings is 1. The molecule has 188 valence electrons. The molecule has 0 spiro atoms. The fourth-order valence-electron chi connectivity index (χ4n) is 4.98. The van der Waals surface area contributed by atoms with Crippen LogP contribution in [0.1, 0.15) is 59.1 Å². The fourth-order valence-corrected chi connectivity index (χ4v) is 4.98. The summed E-state index contributed by atoms with van der Waals surface area (Å²) in [7, 11) is 0. The average Bonchev–Trinajstić information content (AvgIpc) is 3.35. The lowest BCUT2D eigenvalue weighted by Crippen LogP contribution is -2.44. The van der Waals surface area contributed by atoms with Crippen LogP contribution in [0.4, 0.5) is 4.39 Å². The van der Waals surface area contributed by atoms with E-state index in [-0.39, 0.29) is 42.2 Å². The van der Waals surface area contributed by atoms with E-state index in [1.807, 2.05) is 22.8 Å². The van der Waals surface area contributed by atoms with Gasteiger partial charge in [-0.15, -0.1) is 0 Å². The van der Waals surface area contributed by atoms with Gasteiger partial charge in [-0.2, -0.15) is 0 Å². The molecule has 2 aliphatic heterocycles. The summed E-state index contributed by atoms with van der Waals surface area (Å²) in [6, 6.07) is 16.4. The van der Waals surface area contributed by atoms with Crippen LogP contribution in [0.3, 0.4) is 0 Å². The minimum Gasteiger partial charge on any atom is -0.365 e. The smallest absolute Gasteiger partial charge is 0.274 e. The van der Waals surface area contributed by atoms with Crippen LogP contribution in [0.15, 0.2) is 60.9 Å². The molecule has 0 aliphatic carbocycles. The number of nitrogens with one attached hydrogen (secondary N) is 1. The minimum absolute atomic E-state index is 0.0597. The van der Waals surface area contributed by atoms with Crippen LogP contribution < -0.4 is 5.32 Å². The van der Waals surface area contributed by atoms with Gasteiger partial charge in [-0.25, -0.2) is 9.37 Å². The first-order chi connectivity index (χ1) is 17.5. The highest BCUT2D eigenvalue weighted by molar-refractivity contribution is 5.93. The Hall–Kier alpha value is -3.52. The number of fused-ring (bicyclic) bond motifs is 1. The third-order valence-corrected chi connectivity index (χ3v) is 7.28. The van der Waals surface area contributed by atoms with Gasteiger partial charge in [-0.3, -0.25) is 9.59 Å². The van der Waals surface area contributed by atoms with Crippen molar-refractivity contribution in [1.29, 1.82) is 0 Å². The predicted octanol–water partition coefficient (Wildman–Crippen LogP) is 4.07. The fraction of sp³-hybridized carbons (Fsp3) is 0.393. The van der Waals surface area contributed by atoms with E-state index in [9.17, 15) is 14.0 Å². The molecule has 1 saturated heterocycles. The second kappa shape index (κ2) is 10.6. The molecular formula is C28H31FN4O3. The minimum atomic E-state index is -0.284. The monoisotopic (exact) mass is 490 g/mol. The van der Waals surface area contributed by atoms with Crippen LogP contribution in [0, 0.1) is 11.7 Å². The molecule has 2 atom stereocenters. The summed E-state index contributed by atoms with van der Waals surface area (Å²) in [5.74, 6) is -0.191. The molecule has 2 aliphatic rings. The largest absolute Gasteiger partial charge is 0.365 e. The first kappa shape index (κ1) is 24.2. The van der Waals surface area contributed by atoms with Crippen LogP contribution in [0.5, 0.6) is 0 Å². The maximum Gasteiger partial charge on any atom is 0.274 e. The number of benzene rings is 2. The zero-order chi connectivity index (χ0) is 25.1. The number of likely N-dealkylation sites (tertiary alicyclic amines) is 1. The molecule has 8 heteroatoms. The number of hydrogen-bond acceptors (Lipinski definition) is 4. The number of amides is 2. The van der Waals surface area contributed by atoms with Gasteiger partial charge in [0.05, 0.1) is 25.2 Å². The van der Waals surface area contributed by atoms with E-state index in [1.54, 1.807) is 23.4 Å². The van der Waals surface area contributed by atoms with Gasteiger partial charge in [-0.1, -0.05) is 49.4 Å². The Bertz CT molecular complexity index is 1200. The molecule has 3 heterocycles. The van der Waals surface area contributed by atoms with E-state index in [0.29, 0.717) is 44.7 Å². The van der Waals surface area contributed by atoms with Crippen LogP contribution in [-0.2, 0) is 22.7 Å². The Labute approximate surface area is 210 Å². The summed E-state index contributed by atoms with van der Waals surface area (Å²) in [6.07, 6.45) is 2.73. The standard InChI is InChI=1S/C28H31FN4O3/c1-19(20-5-3-2-4-6-20)15-30-27(34)22-11-13-32(14-12-22)28(35)26-24-17-36-25(16-33(24)18-31-26)21-7-9-23(29)10-8-21/h2-10,18-19,22,25H,11-17H2,1H3,(H,30,34). The number of halogens is 1. The Balaban J connectivity index is 1.13. The van der Waals surface area contributed by atoms with Gasteiger partial charge in [0.2, 0.25) is 5.91 Å². The van der Waals surface area contributed by atoms with Crippen molar-refractivity contribution < 1.29 is 18.7 Å². The number of piperidine rings is 1. The van der Waals surface area contributed by atoms with E-state index in [4.69, 9.17) is 4.74 Å². The molecule has 1 N–H and O–H groups in total. The average molecular weight is 491 g/mol. The summed E-state index contributed by atoms with van der Waals surface area (Å²) < 4.78 is 21.2. The van der Waals surface area contributed by atoms with Crippen molar-refractivity contribution in [2.24, 2.45) is 5.92 Å². The van der Waals surface area contributed by atoms with Gasteiger partial charge in [0.15, 0.2) is 5.69 Å². The second-order valence-electron chi connectivity index (χ2n) is 9.67. The highest BCUT2D eigenvalue weighted by Gasteiger charge is 2.32. The van der Waals surface area contributed by atoms with Crippen LogP contribution in [-0.4, -0.2) is 45.9 Å². The zero-order valence-electron chi connectivity index (χ0n) is 20.4. The molecule has 0 bridgehead atoms. The summed E-state index contributed by atoms with van der Waals surface area (Å²) in [4.78, 5) is 32.1. The van der Waals surface area contributed by atoms with Crippen molar-refractivity contribution in [2.45, 2.75) is 44.9 Å². The molecule has 36 heavy (non-hydrogen) atoms. The molecule has 2 unspecified atom stereocenters. The number of ether oxygens (including phenoxy) is 1. The lowest BCUT2D eigenvalue weighted by Gasteiger charge is -2.32. The summed E-state index contributed by atoms with van der Waals surface area (Å²) >= 11 is 0. The number of hydrogen-bond donors (Lipinski definition) is 1. The van der Waals surface area contributed by atoms with Crippen LogP contribution in [0.2, 0.25) is 0 Å². The number of aromatic nitrogens is 2. The highest BCUT2D eigenvalue weighted by atomic mass is 19.1. The highest BCUT2D eigenvalue weighted by Crippen LogP contribution is 2.29. The van der Waals surface area contributed by atoms with Crippen molar-refractivity contribution in [3.63, 3.8) is 0 Å². The van der Waals surface area contributed by atoms with Gasteiger partial charge in [0.25, 0.3) is 5.91 Å². The van der Waals surface area contributed by atoms with Gasteiger partial charge in [-0.05, 0) is 42.0 Å². The SMILES string of the molecule is CC(CNC(=O)C1CCN(C(=O)c2ncn3c2COC(c2ccc(F)cc2)C3)CC1)c1ccccc1. The maximum atomic E-state index is 13.2. The van der Waals surface area contributed by atoms with Crippen molar-refractivity contribution >= 4 is 11.8 Å². The van der Waals surface area contributed by atoms with E-state index in [1.165, 1.54) is 17.7 Å². The van der Waals surface area contributed by atoms with Gasteiger partial charge < -0.3 is 19.5 Å². The Morgan fingerprint density at radius 2 is 1.83 bits per heavy atom. The molecule has 2 amide bonds. The molecule has 0 saturated carbocycles. The van der Waals surface area contributed by atoms with Gasteiger partial charge >= 0.3 is 0 Å². The van der Waals surface area contributed by atoms with E-state index in [0.717, 1.165) is 11.3 Å². The predicted molar refractivity (Wildman–Crippen MR) is 133 cm³/mol. The van der Waals surface area contributed by atoms with E-state index >= 15 is 0 Å². The van der Waals surface area contributed by atoms with Crippen molar-refractivity contribution in [1.82, 2.24) is 19.8 Å². The second-order valence-corrected chi connectivity index (χ2v) is 9.67. The van der Waals surface area contributed by atoms with Crippen molar-refractivity contribution in [3.05, 3.63) is 89.3 Å². The Morgan fingerprint density at radius 3 is 2.56 bits per heavy atom. The third kappa shape index (κ3) is 5.18. The zero-order valence-corrected chi connectivity index (χ0v) is 20.4. The molecule has 3 aromatic rings. The molecule has 5 rings (SSSR count). The molecular weight excluding hydrogens is 459 g/mol. The first-order valence-corrected chi connectivity index (χ1v) is 12.5. The number of carbonyl (C=O) groups is 2. The summed E-state index contributed by atoms with van der Waals surface area (Å²) in [5.41, 5.74) is 3.26. The third-order valence-electron chi connectivity index (χ3n) is 7.28. The normalized spacial score (nSPS) is 18.9. The molecule has 2 aromatic carbocycles. The number of rotatable bonds is 6. The molecule has 7 nitrogen and oxygen atoms in total. The van der Waals surface area contributed by atoms with E-state index < -0.39 is 0 Å². The number of carbonyl (C=O) groups excluding carboxylic acids is 2. The maximum absolute atomic E-state index is 13.2. The van der Waals surface area contributed by atoms with Crippen molar-refractivity contribution in [2.75, 3.05) is 19.6 Å². The Kier molecular flexibility index (Phi) is 7.13. The summed E-state index contributed by atoms with van der Waals surface area (Å²) in [6.45, 7) is 4.54.